The van der Waals surface area contributed by atoms with Crippen LogP contribution in [0.3, 0.4) is 0 Å². The molecule has 0 fully saturated rings. The maximum absolute atomic E-state index is 13.6. The van der Waals surface area contributed by atoms with Crippen LogP contribution < -0.4 is 0 Å². The van der Waals surface area contributed by atoms with Gasteiger partial charge in [-0.15, -0.1) is 0 Å². The summed E-state index contributed by atoms with van der Waals surface area (Å²) in [5.41, 5.74) is 0.649. The molecule has 0 bridgehead atoms. The molecule has 0 aliphatic rings. The number of hydrogen-bond donors (Lipinski definition) is 0. The van der Waals surface area contributed by atoms with Crippen molar-refractivity contribution in [2.45, 2.75) is 19.9 Å². The van der Waals surface area contributed by atoms with Crippen LogP contribution >= 0.6 is 0 Å². The number of rotatable bonds is 4. The van der Waals surface area contributed by atoms with Gasteiger partial charge in [0.1, 0.15) is 0 Å². The lowest BCUT2D eigenvalue weighted by atomic mass is 10.1. The Labute approximate surface area is 110 Å². The zero-order valence-corrected chi connectivity index (χ0v) is 10.7. The number of nitrogens with zero attached hydrogens (tertiary/aromatic N) is 3. The summed E-state index contributed by atoms with van der Waals surface area (Å²) in [5, 5.41) is 7.00. The van der Waals surface area contributed by atoms with Crippen molar-refractivity contribution in [3.63, 3.8) is 0 Å². The van der Waals surface area contributed by atoms with E-state index in [9.17, 15) is 9.18 Å². The molecule has 1 aromatic carbocycles. The number of halogens is 1. The molecule has 6 heteroatoms. The van der Waals surface area contributed by atoms with Crippen LogP contribution in [0.1, 0.15) is 35.9 Å². The molecule has 0 saturated heterocycles. The molecule has 19 heavy (non-hydrogen) atoms. The molecule has 2 rings (SSSR count). The minimum Gasteiger partial charge on any atom is -0.461 e. The highest BCUT2D eigenvalue weighted by Crippen LogP contribution is 2.19. The standard InChI is InChI=1S/C13H14FN3O2/c1-3-19-13(18)11-12(14)15-16-17(11)9(2)10-7-5-4-6-8-10/h4-9H,3H2,1-2H3/t9-/m1/s1. The van der Waals surface area contributed by atoms with Gasteiger partial charge in [0, 0.05) is 0 Å². The number of hydrogen-bond acceptors (Lipinski definition) is 4. The Kier molecular flexibility index (Phi) is 3.89. The first kappa shape index (κ1) is 13.2. The molecule has 0 aliphatic heterocycles. The first-order valence-corrected chi connectivity index (χ1v) is 5.98. The van der Waals surface area contributed by atoms with E-state index in [0.717, 1.165) is 5.56 Å². The van der Waals surface area contributed by atoms with E-state index in [-0.39, 0.29) is 18.3 Å². The Morgan fingerprint density at radius 3 is 2.74 bits per heavy atom. The van der Waals surface area contributed by atoms with Crippen LogP contribution in [-0.4, -0.2) is 27.6 Å². The summed E-state index contributed by atoms with van der Waals surface area (Å²) in [6.07, 6.45) is 0. The number of carbonyl (C=O) groups is 1. The summed E-state index contributed by atoms with van der Waals surface area (Å²) in [6.45, 7) is 3.64. The Bertz CT molecular complexity index is 569. The van der Waals surface area contributed by atoms with E-state index in [0.29, 0.717) is 0 Å². The van der Waals surface area contributed by atoms with E-state index in [1.807, 2.05) is 37.3 Å². The van der Waals surface area contributed by atoms with Crippen molar-refractivity contribution in [3.05, 3.63) is 47.5 Å². The van der Waals surface area contributed by atoms with Gasteiger partial charge in [-0.3, -0.25) is 0 Å². The van der Waals surface area contributed by atoms with Crippen molar-refractivity contribution in [1.82, 2.24) is 15.0 Å². The number of esters is 1. The van der Waals surface area contributed by atoms with Gasteiger partial charge >= 0.3 is 5.97 Å². The first-order valence-electron chi connectivity index (χ1n) is 5.98. The fourth-order valence-corrected chi connectivity index (χ4v) is 1.80. The molecule has 100 valence electrons. The molecule has 0 amide bonds. The van der Waals surface area contributed by atoms with Crippen molar-refractivity contribution < 1.29 is 13.9 Å². The molecule has 0 unspecified atom stereocenters. The summed E-state index contributed by atoms with van der Waals surface area (Å²) in [6, 6.07) is 9.05. The molecule has 5 nitrogen and oxygen atoms in total. The second-order valence-electron chi connectivity index (χ2n) is 3.98. The van der Waals surface area contributed by atoms with Crippen molar-refractivity contribution in [2.75, 3.05) is 6.61 Å². The van der Waals surface area contributed by atoms with Crippen LogP contribution in [0.25, 0.3) is 0 Å². The Balaban J connectivity index is 2.38. The van der Waals surface area contributed by atoms with Gasteiger partial charge in [0.05, 0.1) is 12.6 Å². The van der Waals surface area contributed by atoms with Gasteiger partial charge in [-0.1, -0.05) is 40.6 Å². The van der Waals surface area contributed by atoms with Crippen LogP contribution in [0.15, 0.2) is 30.3 Å². The van der Waals surface area contributed by atoms with Crippen LogP contribution in [0, 0.1) is 5.95 Å². The van der Waals surface area contributed by atoms with E-state index in [1.165, 1.54) is 4.68 Å². The van der Waals surface area contributed by atoms with E-state index in [4.69, 9.17) is 4.74 Å². The normalized spacial score (nSPS) is 12.2. The van der Waals surface area contributed by atoms with Crippen LogP contribution in [0.2, 0.25) is 0 Å². The molecule has 1 aromatic heterocycles. The average Bonchev–Trinajstić information content (AvgIpc) is 2.81. The molecule has 2 aromatic rings. The number of aromatic nitrogens is 3. The molecule has 1 atom stereocenters. The molecule has 1 heterocycles. The molecular weight excluding hydrogens is 249 g/mol. The fraction of sp³-hybridized carbons (Fsp3) is 0.308. The predicted molar refractivity (Wildman–Crippen MR) is 66.2 cm³/mol. The fourth-order valence-electron chi connectivity index (χ4n) is 1.80. The third-order valence-corrected chi connectivity index (χ3v) is 2.77. The number of ether oxygens (including phenoxy) is 1. The van der Waals surface area contributed by atoms with Gasteiger partial charge in [-0.2, -0.15) is 4.39 Å². The third-order valence-electron chi connectivity index (χ3n) is 2.77. The average molecular weight is 263 g/mol. The SMILES string of the molecule is CCOC(=O)c1c(F)nnn1[C@H](C)c1ccccc1. The molecule has 0 N–H and O–H groups in total. The van der Waals surface area contributed by atoms with E-state index < -0.39 is 11.9 Å². The molecule has 0 aliphatic carbocycles. The van der Waals surface area contributed by atoms with Gasteiger partial charge in [0.2, 0.25) is 5.69 Å². The lowest BCUT2D eigenvalue weighted by Gasteiger charge is -2.14. The van der Waals surface area contributed by atoms with Crippen LogP contribution in [0.5, 0.6) is 0 Å². The minimum absolute atomic E-state index is 0.170. The molecule has 0 saturated carbocycles. The van der Waals surface area contributed by atoms with Crippen molar-refractivity contribution in [3.8, 4) is 0 Å². The summed E-state index contributed by atoms with van der Waals surface area (Å²) < 4.78 is 19.6. The summed E-state index contributed by atoms with van der Waals surface area (Å²) in [4.78, 5) is 11.7. The molecule has 0 spiro atoms. The first-order chi connectivity index (χ1) is 9.15. The zero-order valence-electron chi connectivity index (χ0n) is 10.7. The maximum atomic E-state index is 13.6. The maximum Gasteiger partial charge on any atom is 0.361 e. The van der Waals surface area contributed by atoms with E-state index in [1.54, 1.807) is 6.92 Å². The lowest BCUT2D eigenvalue weighted by Crippen LogP contribution is -2.18. The summed E-state index contributed by atoms with van der Waals surface area (Å²) in [7, 11) is 0. The van der Waals surface area contributed by atoms with E-state index >= 15 is 0 Å². The Hall–Kier alpha value is -2.24. The number of benzene rings is 1. The van der Waals surface area contributed by atoms with Crippen LogP contribution in [0.4, 0.5) is 4.39 Å². The highest BCUT2D eigenvalue weighted by Gasteiger charge is 2.25. The minimum atomic E-state index is -0.916. The van der Waals surface area contributed by atoms with Crippen molar-refractivity contribution in [1.29, 1.82) is 0 Å². The van der Waals surface area contributed by atoms with Crippen molar-refractivity contribution >= 4 is 5.97 Å². The second kappa shape index (κ2) is 5.60. The van der Waals surface area contributed by atoms with Gasteiger partial charge in [-0.25, -0.2) is 9.48 Å². The molecular formula is C13H14FN3O2. The quantitative estimate of drug-likeness (QED) is 0.793. The highest BCUT2D eigenvalue weighted by molar-refractivity contribution is 5.87. The summed E-state index contributed by atoms with van der Waals surface area (Å²) >= 11 is 0. The smallest absolute Gasteiger partial charge is 0.361 e. The van der Waals surface area contributed by atoms with Crippen molar-refractivity contribution in [2.24, 2.45) is 0 Å². The van der Waals surface area contributed by atoms with Crippen LogP contribution in [-0.2, 0) is 4.74 Å². The van der Waals surface area contributed by atoms with Gasteiger partial charge < -0.3 is 4.74 Å². The highest BCUT2D eigenvalue weighted by atomic mass is 19.1. The van der Waals surface area contributed by atoms with Gasteiger partial charge in [0.15, 0.2) is 0 Å². The number of carbonyl (C=O) groups excluding carboxylic acids is 1. The van der Waals surface area contributed by atoms with Gasteiger partial charge in [0.25, 0.3) is 5.95 Å². The Morgan fingerprint density at radius 1 is 1.42 bits per heavy atom. The largest absolute Gasteiger partial charge is 0.461 e. The summed E-state index contributed by atoms with van der Waals surface area (Å²) in [5.74, 6) is -1.67. The monoisotopic (exact) mass is 263 g/mol. The second-order valence-corrected chi connectivity index (χ2v) is 3.98. The Morgan fingerprint density at radius 2 is 2.11 bits per heavy atom. The molecule has 0 radical (unpaired) electrons. The third kappa shape index (κ3) is 2.62. The van der Waals surface area contributed by atoms with Gasteiger partial charge in [-0.05, 0) is 19.4 Å². The zero-order chi connectivity index (χ0) is 13.8. The van der Waals surface area contributed by atoms with E-state index in [2.05, 4.69) is 10.3 Å². The lowest BCUT2D eigenvalue weighted by molar-refractivity contribution is 0.0504. The predicted octanol–water partition coefficient (Wildman–Crippen LogP) is 2.20. The topological polar surface area (TPSA) is 57.0 Å².